The lowest BCUT2D eigenvalue weighted by atomic mass is 9.89. The van der Waals surface area contributed by atoms with Crippen LogP contribution in [0.15, 0.2) is 29.2 Å². The van der Waals surface area contributed by atoms with Crippen molar-refractivity contribution in [1.82, 2.24) is 19.6 Å². The molecule has 0 saturated carbocycles. The van der Waals surface area contributed by atoms with Gasteiger partial charge in [0.2, 0.25) is 0 Å². The molecule has 0 radical (unpaired) electrons. The van der Waals surface area contributed by atoms with Crippen molar-refractivity contribution >= 4 is 5.65 Å². The Morgan fingerprint density at radius 1 is 1.36 bits per heavy atom. The number of nitrogens with zero attached hydrogens (tertiary/aromatic N) is 3. The van der Waals surface area contributed by atoms with Gasteiger partial charge in [0.15, 0.2) is 0 Å². The summed E-state index contributed by atoms with van der Waals surface area (Å²) in [6.45, 7) is 7.32. The van der Waals surface area contributed by atoms with Crippen molar-refractivity contribution in [2.75, 3.05) is 26.2 Å². The van der Waals surface area contributed by atoms with E-state index in [4.69, 9.17) is 4.98 Å². The zero-order chi connectivity index (χ0) is 15.1. The van der Waals surface area contributed by atoms with Crippen molar-refractivity contribution in [3.05, 3.63) is 46.0 Å². The van der Waals surface area contributed by atoms with Crippen LogP contribution < -0.4 is 10.9 Å². The van der Waals surface area contributed by atoms with E-state index in [1.807, 2.05) is 19.1 Å². The molecule has 22 heavy (non-hydrogen) atoms. The smallest absolute Gasteiger partial charge is 0.258 e. The maximum Gasteiger partial charge on any atom is 0.258 e. The summed E-state index contributed by atoms with van der Waals surface area (Å²) < 4.78 is 1.63. The summed E-state index contributed by atoms with van der Waals surface area (Å²) in [6.07, 6.45) is 3.04. The van der Waals surface area contributed by atoms with E-state index in [2.05, 4.69) is 10.2 Å². The predicted molar refractivity (Wildman–Crippen MR) is 85.9 cm³/mol. The number of piperidine rings is 1. The number of hydrogen-bond acceptors (Lipinski definition) is 4. The van der Waals surface area contributed by atoms with Crippen molar-refractivity contribution in [1.29, 1.82) is 0 Å². The van der Waals surface area contributed by atoms with E-state index in [9.17, 15) is 4.79 Å². The third-order valence-corrected chi connectivity index (χ3v) is 5.11. The minimum Gasteiger partial charge on any atom is -0.316 e. The highest BCUT2D eigenvalue weighted by molar-refractivity contribution is 5.46. The number of hydrogen-bond donors (Lipinski definition) is 1. The second kappa shape index (κ2) is 5.48. The zero-order valence-electron chi connectivity index (χ0n) is 13.0. The minimum absolute atomic E-state index is 0.0149. The standard InChI is InChI=1S/C17H22N4O/c1-12-3-2-5-21-16(22)7-15(19-17(12)21)11-20-6-4-13-8-18-9-14(13)10-20/h2-3,5,7,13-14,18H,4,6,8-11H2,1H3. The number of aromatic nitrogens is 2. The van der Waals surface area contributed by atoms with Crippen LogP contribution in [0, 0.1) is 18.8 Å². The molecule has 5 nitrogen and oxygen atoms in total. The lowest BCUT2D eigenvalue weighted by Crippen LogP contribution is -2.39. The predicted octanol–water partition coefficient (Wildman–Crippen LogP) is 1.04. The normalized spacial score (nSPS) is 25.5. The number of pyridine rings is 1. The molecule has 2 aliphatic heterocycles. The fraction of sp³-hybridized carbons (Fsp3) is 0.529. The quantitative estimate of drug-likeness (QED) is 0.900. The highest BCUT2D eigenvalue weighted by atomic mass is 16.1. The van der Waals surface area contributed by atoms with Crippen LogP contribution in [0.3, 0.4) is 0 Å². The van der Waals surface area contributed by atoms with E-state index in [1.165, 1.54) is 13.0 Å². The van der Waals surface area contributed by atoms with Crippen LogP contribution in [-0.2, 0) is 6.54 Å². The van der Waals surface area contributed by atoms with Crippen LogP contribution in [0.5, 0.6) is 0 Å². The van der Waals surface area contributed by atoms with E-state index in [-0.39, 0.29) is 5.56 Å². The SMILES string of the molecule is Cc1cccn2c(=O)cc(CN3CCC4CNCC4C3)nc12. The Morgan fingerprint density at radius 3 is 3.14 bits per heavy atom. The third-order valence-electron chi connectivity index (χ3n) is 5.11. The summed E-state index contributed by atoms with van der Waals surface area (Å²) >= 11 is 0. The van der Waals surface area contributed by atoms with Gasteiger partial charge in [-0.25, -0.2) is 4.98 Å². The van der Waals surface area contributed by atoms with Gasteiger partial charge in [-0.1, -0.05) is 6.07 Å². The molecule has 4 heterocycles. The van der Waals surface area contributed by atoms with Crippen molar-refractivity contribution < 1.29 is 0 Å². The van der Waals surface area contributed by atoms with E-state index in [0.717, 1.165) is 54.9 Å². The summed E-state index contributed by atoms with van der Waals surface area (Å²) in [4.78, 5) is 19.4. The second-order valence-corrected chi connectivity index (χ2v) is 6.67. The molecule has 0 amide bonds. The first kappa shape index (κ1) is 13.9. The Kier molecular flexibility index (Phi) is 3.47. The summed E-state index contributed by atoms with van der Waals surface area (Å²) in [5, 5.41) is 3.49. The molecule has 0 aliphatic carbocycles. The molecular formula is C17H22N4O. The summed E-state index contributed by atoms with van der Waals surface area (Å²) in [7, 11) is 0. The largest absolute Gasteiger partial charge is 0.316 e. The molecule has 0 spiro atoms. The molecule has 0 aromatic carbocycles. The van der Waals surface area contributed by atoms with Gasteiger partial charge < -0.3 is 5.32 Å². The highest BCUT2D eigenvalue weighted by Gasteiger charge is 2.32. The number of rotatable bonds is 2. The molecule has 1 N–H and O–H groups in total. The van der Waals surface area contributed by atoms with Crippen molar-refractivity contribution in [3.8, 4) is 0 Å². The molecule has 2 saturated heterocycles. The molecule has 2 atom stereocenters. The van der Waals surface area contributed by atoms with Gasteiger partial charge in [-0.2, -0.15) is 0 Å². The Balaban J connectivity index is 1.59. The van der Waals surface area contributed by atoms with Crippen LogP contribution in [0.2, 0.25) is 0 Å². The van der Waals surface area contributed by atoms with Crippen molar-refractivity contribution in [3.63, 3.8) is 0 Å². The lowest BCUT2D eigenvalue weighted by Gasteiger charge is -2.34. The molecule has 116 valence electrons. The van der Waals surface area contributed by atoms with E-state index in [0.29, 0.717) is 0 Å². The molecule has 0 bridgehead atoms. The van der Waals surface area contributed by atoms with Crippen molar-refractivity contribution in [2.45, 2.75) is 19.9 Å². The Hall–Kier alpha value is -1.72. The zero-order valence-corrected chi connectivity index (χ0v) is 13.0. The monoisotopic (exact) mass is 298 g/mol. The number of aryl methyl sites for hydroxylation is 1. The van der Waals surface area contributed by atoms with Gasteiger partial charge in [0.1, 0.15) is 5.65 Å². The fourth-order valence-corrected chi connectivity index (χ4v) is 3.87. The van der Waals surface area contributed by atoms with Crippen molar-refractivity contribution in [2.24, 2.45) is 11.8 Å². The first-order valence-electron chi connectivity index (χ1n) is 8.12. The summed E-state index contributed by atoms with van der Waals surface area (Å²) in [5.41, 5.74) is 2.73. The van der Waals surface area contributed by atoms with E-state index < -0.39 is 0 Å². The topological polar surface area (TPSA) is 49.6 Å². The molecule has 2 fully saturated rings. The molecule has 2 aromatic rings. The average molecular weight is 298 g/mol. The summed E-state index contributed by atoms with van der Waals surface area (Å²) in [6, 6.07) is 5.58. The maximum atomic E-state index is 12.3. The maximum absolute atomic E-state index is 12.3. The number of likely N-dealkylation sites (tertiary alicyclic amines) is 1. The Bertz CT molecular complexity index is 754. The number of fused-ring (bicyclic) bond motifs is 2. The Morgan fingerprint density at radius 2 is 2.23 bits per heavy atom. The van der Waals surface area contributed by atoms with E-state index in [1.54, 1.807) is 16.7 Å². The molecule has 2 unspecified atom stereocenters. The van der Waals surface area contributed by atoms with Crippen LogP contribution in [0.25, 0.3) is 5.65 Å². The van der Waals surface area contributed by atoms with Gasteiger partial charge in [0.25, 0.3) is 5.56 Å². The molecule has 5 heteroatoms. The number of nitrogens with one attached hydrogen (secondary N) is 1. The van der Waals surface area contributed by atoms with Crippen LogP contribution in [0.1, 0.15) is 17.7 Å². The molecule has 2 aliphatic rings. The average Bonchev–Trinajstić information content (AvgIpc) is 2.96. The third kappa shape index (κ3) is 2.44. The molecule has 2 aromatic heterocycles. The second-order valence-electron chi connectivity index (χ2n) is 6.67. The molecule has 4 rings (SSSR count). The van der Waals surface area contributed by atoms with Gasteiger partial charge in [-0.3, -0.25) is 14.1 Å². The van der Waals surface area contributed by atoms with Gasteiger partial charge >= 0.3 is 0 Å². The van der Waals surface area contributed by atoms with Gasteiger partial charge in [0.05, 0.1) is 5.69 Å². The van der Waals surface area contributed by atoms with Crippen LogP contribution >= 0.6 is 0 Å². The minimum atomic E-state index is 0.0149. The van der Waals surface area contributed by atoms with Gasteiger partial charge in [0, 0.05) is 25.4 Å². The Labute approximate surface area is 130 Å². The fourth-order valence-electron chi connectivity index (χ4n) is 3.87. The first-order chi connectivity index (χ1) is 10.7. The molecular weight excluding hydrogens is 276 g/mol. The van der Waals surface area contributed by atoms with Gasteiger partial charge in [-0.15, -0.1) is 0 Å². The van der Waals surface area contributed by atoms with Gasteiger partial charge in [-0.05, 0) is 56.4 Å². The van der Waals surface area contributed by atoms with Crippen LogP contribution in [0.4, 0.5) is 0 Å². The first-order valence-corrected chi connectivity index (χ1v) is 8.12. The highest BCUT2D eigenvalue weighted by Crippen LogP contribution is 2.27. The van der Waals surface area contributed by atoms with E-state index >= 15 is 0 Å². The lowest BCUT2D eigenvalue weighted by molar-refractivity contribution is 0.141. The summed E-state index contributed by atoms with van der Waals surface area (Å²) in [5.74, 6) is 1.60. The van der Waals surface area contributed by atoms with Crippen LogP contribution in [-0.4, -0.2) is 40.5 Å².